The first-order chi connectivity index (χ1) is 8.41. The Morgan fingerprint density at radius 2 is 2.28 bits per heavy atom. The molecule has 2 rings (SSSR count). The average molecular weight is 246 g/mol. The molecule has 1 aromatic carbocycles. The van der Waals surface area contributed by atoms with Gasteiger partial charge in [-0.05, 0) is 32.0 Å². The predicted octanol–water partition coefficient (Wildman–Crippen LogP) is 2.21. The molecule has 1 N–H and O–H groups in total. The number of carbonyl (C=O) groups is 1. The molecule has 94 valence electrons. The monoisotopic (exact) mass is 246 g/mol. The molecule has 1 aromatic rings. The van der Waals surface area contributed by atoms with Crippen molar-refractivity contribution in [3.8, 4) is 11.8 Å². The van der Waals surface area contributed by atoms with Crippen LogP contribution in [0.3, 0.4) is 0 Å². The molecule has 0 spiro atoms. The molecule has 0 unspecified atom stereocenters. The van der Waals surface area contributed by atoms with E-state index in [1.165, 1.54) is 4.90 Å². The SMILES string of the molecule is CC1(C)CN(C(=O)O)Cc2cc(C#N)ccc2O1. The second-order valence-electron chi connectivity index (χ2n) is 4.93. The number of hydrogen-bond donors (Lipinski definition) is 1. The van der Waals surface area contributed by atoms with Crippen molar-refractivity contribution in [2.75, 3.05) is 6.54 Å². The van der Waals surface area contributed by atoms with Gasteiger partial charge >= 0.3 is 6.09 Å². The van der Waals surface area contributed by atoms with Crippen LogP contribution in [0.15, 0.2) is 18.2 Å². The molecule has 18 heavy (non-hydrogen) atoms. The molecule has 0 fully saturated rings. The van der Waals surface area contributed by atoms with Gasteiger partial charge in [-0.15, -0.1) is 0 Å². The largest absolute Gasteiger partial charge is 0.486 e. The van der Waals surface area contributed by atoms with Crippen molar-refractivity contribution in [2.24, 2.45) is 0 Å². The summed E-state index contributed by atoms with van der Waals surface area (Å²) in [4.78, 5) is 12.5. The number of rotatable bonds is 0. The summed E-state index contributed by atoms with van der Waals surface area (Å²) >= 11 is 0. The zero-order chi connectivity index (χ0) is 13.3. The molecule has 0 saturated heterocycles. The smallest absolute Gasteiger partial charge is 0.407 e. The summed E-state index contributed by atoms with van der Waals surface area (Å²) in [5, 5.41) is 18.0. The lowest BCUT2D eigenvalue weighted by Crippen LogP contribution is -2.42. The zero-order valence-electron chi connectivity index (χ0n) is 10.3. The quantitative estimate of drug-likeness (QED) is 0.761. The number of hydrogen-bond acceptors (Lipinski definition) is 3. The zero-order valence-corrected chi connectivity index (χ0v) is 10.3. The molecule has 0 bridgehead atoms. The standard InChI is InChI=1S/C13H14N2O3/c1-13(2)8-15(12(16)17)7-10-5-9(6-14)3-4-11(10)18-13/h3-5H,7-8H2,1-2H3,(H,16,17). The van der Waals surface area contributed by atoms with E-state index in [4.69, 9.17) is 15.1 Å². The van der Waals surface area contributed by atoms with Crippen LogP contribution in [0.1, 0.15) is 25.0 Å². The van der Waals surface area contributed by atoms with Crippen molar-refractivity contribution in [1.29, 1.82) is 5.26 Å². The van der Waals surface area contributed by atoms with Crippen LogP contribution < -0.4 is 4.74 Å². The molecule has 5 nitrogen and oxygen atoms in total. The first kappa shape index (κ1) is 12.2. The molecular weight excluding hydrogens is 232 g/mol. The topological polar surface area (TPSA) is 73.6 Å². The lowest BCUT2D eigenvalue weighted by molar-refractivity contribution is 0.0671. The third-order valence-electron chi connectivity index (χ3n) is 2.78. The molecule has 1 aliphatic rings. The van der Waals surface area contributed by atoms with Crippen LogP contribution in [0.5, 0.6) is 5.75 Å². The van der Waals surface area contributed by atoms with Crippen molar-refractivity contribution in [2.45, 2.75) is 26.0 Å². The summed E-state index contributed by atoms with van der Waals surface area (Å²) in [6.07, 6.45) is -0.984. The van der Waals surface area contributed by atoms with E-state index in [9.17, 15) is 4.79 Å². The van der Waals surface area contributed by atoms with Crippen molar-refractivity contribution in [3.05, 3.63) is 29.3 Å². The van der Waals surface area contributed by atoms with E-state index in [1.54, 1.807) is 18.2 Å². The summed E-state index contributed by atoms with van der Waals surface area (Å²) in [5.41, 5.74) is 0.641. The summed E-state index contributed by atoms with van der Waals surface area (Å²) in [7, 11) is 0. The van der Waals surface area contributed by atoms with Crippen molar-refractivity contribution >= 4 is 6.09 Å². The van der Waals surface area contributed by atoms with Crippen LogP contribution in [-0.4, -0.2) is 28.2 Å². The van der Waals surface area contributed by atoms with Crippen LogP contribution in [-0.2, 0) is 6.54 Å². The van der Waals surface area contributed by atoms with Gasteiger partial charge in [-0.25, -0.2) is 4.79 Å². The number of fused-ring (bicyclic) bond motifs is 1. The van der Waals surface area contributed by atoms with Crippen molar-refractivity contribution in [3.63, 3.8) is 0 Å². The van der Waals surface area contributed by atoms with Gasteiger partial charge in [0.2, 0.25) is 0 Å². The van der Waals surface area contributed by atoms with Gasteiger partial charge in [0.05, 0.1) is 24.7 Å². The minimum Gasteiger partial charge on any atom is -0.486 e. The fraction of sp³-hybridized carbons (Fsp3) is 0.385. The number of ether oxygens (including phenoxy) is 1. The number of benzene rings is 1. The Morgan fingerprint density at radius 3 is 2.89 bits per heavy atom. The van der Waals surface area contributed by atoms with E-state index in [0.717, 1.165) is 5.56 Å². The maximum absolute atomic E-state index is 11.2. The summed E-state index contributed by atoms with van der Waals surface area (Å²) in [5.74, 6) is 0.641. The van der Waals surface area contributed by atoms with Crippen molar-refractivity contribution in [1.82, 2.24) is 4.90 Å². The molecule has 5 heteroatoms. The van der Waals surface area contributed by atoms with Gasteiger partial charge in [-0.3, -0.25) is 4.90 Å². The van der Waals surface area contributed by atoms with E-state index in [0.29, 0.717) is 17.9 Å². The molecule has 1 aliphatic heterocycles. The van der Waals surface area contributed by atoms with Crippen LogP contribution >= 0.6 is 0 Å². The Hall–Kier alpha value is -2.22. The highest BCUT2D eigenvalue weighted by Gasteiger charge is 2.31. The Morgan fingerprint density at radius 1 is 1.56 bits per heavy atom. The average Bonchev–Trinajstić information content (AvgIpc) is 2.42. The highest BCUT2D eigenvalue weighted by Crippen LogP contribution is 2.30. The van der Waals surface area contributed by atoms with Crippen LogP contribution in [0.2, 0.25) is 0 Å². The van der Waals surface area contributed by atoms with E-state index in [1.807, 2.05) is 19.9 Å². The van der Waals surface area contributed by atoms with Gasteiger partial charge < -0.3 is 9.84 Å². The number of nitriles is 1. The van der Waals surface area contributed by atoms with Gasteiger partial charge in [0.1, 0.15) is 11.4 Å². The Balaban J connectivity index is 2.45. The van der Waals surface area contributed by atoms with Gasteiger partial charge in [-0.1, -0.05) is 0 Å². The van der Waals surface area contributed by atoms with Crippen LogP contribution in [0, 0.1) is 11.3 Å². The predicted molar refractivity (Wildman–Crippen MR) is 64.3 cm³/mol. The highest BCUT2D eigenvalue weighted by molar-refractivity contribution is 5.65. The maximum Gasteiger partial charge on any atom is 0.407 e. The molecule has 0 aliphatic carbocycles. The van der Waals surface area contributed by atoms with E-state index < -0.39 is 11.7 Å². The lowest BCUT2D eigenvalue weighted by Gasteiger charge is -2.27. The molecule has 0 atom stereocenters. The molecule has 0 aromatic heterocycles. The Kier molecular flexibility index (Phi) is 2.87. The maximum atomic E-state index is 11.2. The Bertz CT molecular complexity index is 532. The van der Waals surface area contributed by atoms with E-state index in [-0.39, 0.29) is 6.54 Å². The second-order valence-corrected chi connectivity index (χ2v) is 4.93. The molecule has 1 amide bonds. The third-order valence-corrected chi connectivity index (χ3v) is 2.78. The minimum atomic E-state index is -0.984. The lowest BCUT2D eigenvalue weighted by atomic mass is 10.1. The fourth-order valence-corrected chi connectivity index (χ4v) is 2.06. The molecular formula is C13H14N2O3. The van der Waals surface area contributed by atoms with E-state index in [2.05, 4.69) is 0 Å². The second kappa shape index (κ2) is 4.22. The van der Waals surface area contributed by atoms with Gasteiger partial charge in [-0.2, -0.15) is 5.26 Å². The van der Waals surface area contributed by atoms with Crippen LogP contribution in [0.4, 0.5) is 4.79 Å². The third kappa shape index (κ3) is 2.38. The van der Waals surface area contributed by atoms with Gasteiger partial charge in [0.25, 0.3) is 0 Å². The summed E-state index contributed by atoms with van der Waals surface area (Å²) in [6.45, 7) is 4.22. The first-order valence-corrected chi connectivity index (χ1v) is 5.61. The van der Waals surface area contributed by atoms with Gasteiger partial charge in [0.15, 0.2) is 0 Å². The van der Waals surface area contributed by atoms with E-state index >= 15 is 0 Å². The summed E-state index contributed by atoms with van der Waals surface area (Å²) < 4.78 is 5.81. The molecule has 0 radical (unpaired) electrons. The number of nitrogens with zero attached hydrogens (tertiary/aromatic N) is 2. The fourth-order valence-electron chi connectivity index (χ4n) is 2.06. The number of carboxylic acid groups (broad SMARTS) is 1. The first-order valence-electron chi connectivity index (χ1n) is 5.61. The summed E-state index contributed by atoms with van der Waals surface area (Å²) in [6, 6.07) is 7.11. The number of amides is 1. The highest BCUT2D eigenvalue weighted by atomic mass is 16.5. The minimum absolute atomic E-state index is 0.240. The van der Waals surface area contributed by atoms with Crippen LogP contribution in [0.25, 0.3) is 0 Å². The molecule has 0 saturated carbocycles. The van der Waals surface area contributed by atoms with Crippen molar-refractivity contribution < 1.29 is 14.6 Å². The Labute approximate surface area is 105 Å². The normalized spacial score (nSPS) is 17.1. The molecule has 1 heterocycles. The van der Waals surface area contributed by atoms with Gasteiger partial charge in [0, 0.05) is 5.56 Å².